The molecule has 0 bridgehead atoms. The fourth-order valence-electron chi connectivity index (χ4n) is 1.09. The van der Waals surface area contributed by atoms with Crippen LogP contribution in [-0.4, -0.2) is 24.2 Å². The highest BCUT2D eigenvalue weighted by Gasteiger charge is 2.15. The molecule has 0 aliphatic heterocycles. The van der Waals surface area contributed by atoms with Crippen LogP contribution in [0.4, 0.5) is 0 Å². The molecule has 0 saturated heterocycles. The summed E-state index contributed by atoms with van der Waals surface area (Å²) in [5, 5.41) is 0.817. The number of ether oxygens (including phenoxy) is 2. The second-order valence-corrected chi connectivity index (χ2v) is 4.16. The summed E-state index contributed by atoms with van der Waals surface area (Å²) in [6.45, 7) is 7.04. The molecular formula is C10H15NO3S. The number of aromatic nitrogens is 1. The summed E-state index contributed by atoms with van der Waals surface area (Å²) in [4.78, 5) is 16.5. The Morgan fingerprint density at radius 2 is 2.13 bits per heavy atom. The van der Waals surface area contributed by atoms with Gasteiger partial charge in [0.1, 0.15) is 5.01 Å². The predicted octanol–water partition coefficient (Wildman–Crippen LogP) is 2.16. The van der Waals surface area contributed by atoms with Gasteiger partial charge in [0, 0.05) is 11.5 Å². The van der Waals surface area contributed by atoms with E-state index in [1.165, 1.54) is 11.3 Å². The summed E-state index contributed by atoms with van der Waals surface area (Å²) >= 11 is 1.47. The minimum atomic E-state index is -0.353. The van der Waals surface area contributed by atoms with Crippen molar-refractivity contribution in [2.24, 2.45) is 0 Å². The first-order chi connectivity index (χ1) is 7.19. The number of carbonyl (C=O) groups excluding carboxylic acids is 1. The van der Waals surface area contributed by atoms with Crippen LogP contribution in [0.3, 0.4) is 0 Å². The van der Waals surface area contributed by atoms with Crippen molar-refractivity contribution < 1.29 is 14.3 Å². The Kier molecular flexibility index (Phi) is 4.71. The molecule has 5 heteroatoms. The van der Waals surface area contributed by atoms with Gasteiger partial charge in [-0.1, -0.05) is 0 Å². The van der Waals surface area contributed by atoms with Crippen LogP contribution in [0.2, 0.25) is 0 Å². The van der Waals surface area contributed by atoms with E-state index >= 15 is 0 Å². The molecule has 0 aliphatic rings. The molecule has 0 aliphatic carbocycles. The highest BCUT2D eigenvalue weighted by Crippen LogP contribution is 2.18. The molecule has 1 heterocycles. The number of carbonyl (C=O) groups is 1. The maximum absolute atomic E-state index is 11.4. The zero-order valence-corrected chi connectivity index (χ0v) is 10.0. The van der Waals surface area contributed by atoms with Crippen LogP contribution in [0.25, 0.3) is 0 Å². The van der Waals surface area contributed by atoms with Crippen LogP contribution in [0.1, 0.15) is 34.2 Å². The summed E-state index contributed by atoms with van der Waals surface area (Å²) in [7, 11) is 0. The Balaban J connectivity index is 2.72. The van der Waals surface area contributed by atoms with Gasteiger partial charge in [-0.25, -0.2) is 9.78 Å². The third-order valence-electron chi connectivity index (χ3n) is 1.74. The topological polar surface area (TPSA) is 48.4 Å². The molecule has 0 fully saturated rings. The number of rotatable bonds is 5. The van der Waals surface area contributed by atoms with Crippen LogP contribution < -0.4 is 0 Å². The molecule has 1 rings (SSSR count). The SMILES string of the molecule is CCOCc1nc(C(=O)OCC)c(C)s1. The first-order valence-corrected chi connectivity index (χ1v) is 5.71. The highest BCUT2D eigenvalue weighted by atomic mass is 32.1. The lowest BCUT2D eigenvalue weighted by molar-refractivity contribution is 0.0519. The molecule has 0 radical (unpaired) electrons. The van der Waals surface area contributed by atoms with E-state index in [2.05, 4.69) is 4.98 Å². The van der Waals surface area contributed by atoms with Crippen LogP contribution in [-0.2, 0) is 16.1 Å². The predicted molar refractivity (Wildman–Crippen MR) is 58.1 cm³/mol. The third kappa shape index (κ3) is 3.28. The number of hydrogen-bond donors (Lipinski definition) is 0. The molecular weight excluding hydrogens is 214 g/mol. The van der Waals surface area contributed by atoms with Crippen LogP contribution >= 0.6 is 11.3 Å². The Hall–Kier alpha value is -0.940. The second kappa shape index (κ2) is 5.82. The molecule has 15 heavy (non-hydrogen) atoms. The molecule has 0 aromatic carbocycles. The molecule has 84 valence electrons. The van der Waals surface area contributed by atoms with Gasteiger partial charge in [-0.3, -0.25) is 0 Å². The minimum Gasteiger partial charge on any atom is -0.461 e. The van der Waals surface area contributed by atoms with Gasteiger partial charge in [-0.15, -0.1) is 11.3 Å². The third-order valence-corrected chi connectivity index (χ3v) is 2.68. The van der Waals surface area contributed by atoms with Crippen molar-refractivity contribution in [3.8, 4) is 0 Å². The number of aryl methyl sites for hydroxylation is 1. The smallest absolute Gasteiger partial charge is 0.358 e. The zero-order chi connectivity index (χ0) is 11.3. The van der Waals surface area contributed by atoms with Crippen molar-refractivity contribution in [3.63, 3.8) is 0 Å². The van der Waals surface area contributed by atoms with Crippen molar-refractivity contribution in [1.82, 2.24) is 4.98 Å². The number of thiazole rings is 1. The maximum Gasteiger partial charge on any atom is 0.358 e. The molecule has 0 N–H and O–H groups in total. The summed E-state index contributed by atoms with van der Waals surface area (Å²) in [5.41, 5.74) is 0.413. The lowest BCUT2D eigenvalue weighted by atomic mass is 10.4. The van der Waals surface area contributed by atoms with Crippen LogP contribution in [0.5, 0.6) is 0 Å². The summed E-state index contributed by atoms with van der Waals surface area (Å²) < 4.78 is 10.1. The monoisotopic (exact) mass is 229 g/mol. The zero-order valence-electron chi connectivity index (χ0n) is 9.20. The van der Waals surface area contributed by atoms with E-state index in [1.807, 2.05) is 13.8 Å². The minimum absolute atomic E-state index is 0.353. The molecule has 0 unspecified atom stereocenters. The van der Waals surface area contributed by atoms with Gasteiger partial charge in [-0.05, 0) is 20.8 Å². The van der Waals surface area contributed by atoms with Gasteiger partial charge in [0.05, 0.1) is 13.2 Å². The van der Waals surface area contributed by atoms with Gasteiger partial charge < -0.3 is 9.47 Å². The van der Waals surface area contributed by atoms with E-state index in [4.69, 9.17) is 9.47 Å². The van der Waals surface area contributed by atoms with Gasteiger partial charge in [0.25, 0.3) is 0 Å². The molecule has 1 aromatic rings. The fraction of sp³-hybridized carbons (Fsp3) is 0.600. The Bertz CT molecular complexity index is 335. The van der Waals surface area contributed by atoms with E-state index in [9.17, 15) is 4.79 Å². The molecule has 4 nitrogen and oxygen atoms in total. The number of nitrogens with zero attached hydrogens (tertiary/aromatic N) is 1. The standard InChI is InChI=1S/C10H15NO3S/c1-4-13-6-8-11-9(7(3)15-8)10(12)14-5-2/h4-6H2,1-3H3. The average molecular weight is 229 g/mol. The Labute approximate surface area is 93.2 Å². The van der Waals surface area contributed by atoms with Crippen LogP contribution in [0, 0.1) is 6.92 Å². The van der Waals surface area contributed by atoms with Gasteiger partial charge >= 0.3 is 5.97 Å². The van der Waals surface area contributed by atoms with Gasteiger partial charge in [-0.2, -0.15) is 0 Å². The molecule has 0 spiro atoms. The lowest BCUT2D eigenvalue weighted by Crippen LogP contribution is -2.06. The average Bonchev–Trinajstić information content (AvgIpc) is 2.57. The largest absolute Gasteiger partial charge is 0.461 e. The first-order valence-electron chi connectivity index (χ1n) is 4.90. The lowest BCUT2D eigenvalue weighted by Gasteiger charge is -1.98. The van der Waals surface area contributed by atoms with Crippen molar-refractivity contribution in [2.75, 3.05) is 13.2 Å². The normalized spacial score (nSPS) is 10.3. The van der Waals surface area contributed by atoms with E-state index in [-0.39, 0.29) is 5.97 Å². The summed E-state index contributed by atoms with van der Waals surface area (Å²) in [6, 6.07) is 0. The van der Waals surface area contributed by atoms with E-state index < -0.39 is 0 Å². The van der Waals surface area contributed by atoms with E-state index in [0.717, 1.165) is 9.88 Å². The van der Waals surface area contributed by atoms with Crippen molar-refractivity contribution in [3.05, 3.63) is 15.6 Å². The Morgan fingerprint density at radius 3 is 2.73 bits per heavy atom. The number of hydrogen-bond acceptors (Lipinski definition) is 5. The molecule has 0 atom stereocenters. The summed E-state index contributed by atoms with van der Waals surface area (Å²) in [5.74, 6) is -0.353. The van der Waals surface area contributed by atoms with Gasteiger partial charge in [0.2, 0.25) is 0 Å². The fourth-order valence-corrected chi connectivity index (χ4v) is 1.95. The van der Waals surface area contributed by atoms with Crippen molar-refractivity contribution >= 4 is 17.3 Å². The quantitative estimate of drug-likeness (QED) is 0.726. The molecule has 0 amide bonds. The van der Waals surface area contributed by atoms with Gasteiger partial charge in [0.15, 0.2) is 5.69 Å². The van der Waals surface area contributed by atoms with E-state index in [0.29, 0.717) is 25.5 Å². The maximum atomic E-state index is 11.4. The number of esters is 1. The second-order valence-electron chi connectivity index (χ2n) is 2.87. The molecule has 1 aromatic heterocycles. The first kappa shape index (κ1) is 12.1. The van der Waals surface area contributed by atoms with Crippen molar-refractivity contribution in [2.45, 2.75) is 27.4 Å². The van der Waals surface area contributed by atoms with Crippen molar-refractivity contribution in [1.29, 1.82) is 0 Å². The summed E-state index contributed by atoms with van der Waals surface area (Å²) in [6.07, 6.45) is 0. The van der Waals surface area contributed by atoms with Crippen LogP contribution in [0.15, 0.2) is 0 Å². The molecule has 0 saturated carbocycles. The Morgan fingerprint density at radius 1 is 1.40 bits per heavy atom. The highest BCUT2D eigenvalue weighted by molar-refractivity contribution is 7.11. The van der Waals surface area contributed by atoms with E-state index in [1.54, 1.807) is 6.92 Å².